The molecule has 3 aromatic rings. The van der Waals surface area contributed by atoms with E-state index in [1.807, 2.05) is 0 Å². The van der Waals surface area contributed by atoms with Crippen molar-refractivity contribution in [1.29, 1.82) is 5.41 Å². The highest BCUT2D eigenvalue weighted by molar-refractivity contribution is 7.92. The van der Waals surface area contributed by atoms with Crippen LogP contribution < -0.4 is 10.0 Å². The Morgan fingerprint density at radius 1 is 0.907 bits per heavy atom. The summed E-state index contributed by atoms with van der Waals surface area (Å²) < 4.78 is 77.7. The standard InChI is InChI=1S/C28H32F3N5O6S/c1-26(2,3)41-24(37)34-23(32)36(25(38)42-27(4,5)6)16-19-13-10-17-8-7-9-21(22(17)33-19)35-43(39,40)20-14-11-18(12-15-20)28(29,30)31/h7-15,35H,16H2,1-6H3,(H2,32,34,37). The molecule has 0 saturated heterocycles. The third-order valence-corrected chi connectivity index (χ3v) is 6.72. The zero-order chi connectivity index (χ0) is 32.4. The van der Waals surface area contributed by atoms with Gasteiger partial charge >= 0.3 is 18.4 Å². The number of alkyl carbamates (subject to hydrolysis) is 1. The summed E-state index contributed by atoms with van der Waals surface area (Å²) >= 11 is 0. The highest BCUT2D eigenvalue weighted by atomic mass is 32.2. The highest BCUT2D eigenvalue weighted by Crippen LogP contribution is 2.31. The van der Waals surface area contributed by atoms with Crippen molar-refractivity contribution < 1.29 is 40.7 Å². The molecule has 0 radical (unpaired) electrons. The van der Waals surface area contributed by atoms with Gasteiger partial charge in [0.25, 0.3) is 10.0 Å². The van der Waals surface area contributed by atoms with Crippen LogP contribution in [0.25, 0.3) is 10.9 Å². The van der Waals surface area contributed by atoms with Crippen LogP contribution in [0.1, 0.15) is 52.8 Å². The molecule has 11 nitrogen and oxygen atoms in total. The molecular formula is C28H32F3N5O6S. The zero-order valence-electron chi connectivity index (χ0n) is 24.3. The van der Waals surface area contributed by atoms with E-state index < -0.39 is 56.0 Å². The number of aromatic nitrogens is 1. The molecule has 232 valence electrons. The van der Waals surface area contributed by atoms with Crippen LogP contribution in [-0.2, 0) is 32.2 Å². The fourth-order valence-electron chi connectivity index (χ4n) is 3.57. The third kappa shape index (κ3) is 9.30. The van der Waals surface area contributed by atoms with E-state index in [-0.39, 0.29) is 23.4 Å². The van der Waals surface area contributed by atoms with E-state index in [1.54, 1.807) is 59.7 Å². The molecule has 0 atom stereocenters. The van der Waals surface area contributed by atoms with Gasteiger partial charge in [-0.2, -0.15) is 13.2 Å². The van der Waals surface area contributed by atoms with Crippen LogP contribution in [-0.4, -0.2) is 47.6 Å². The number of para-hydroxylation sites is 1. The summed E-state index contributed by atoms with van der Waals surface area (Å²) in [7, 11) is -4.32. The maximum atomic E-state index is 13.0. The molecule has 3 rings (SSSR count). The number of rotatable bonds is 5. The molecule has 0 unspecified atom stereocenters. The lowest BCUT2D eigenvalue weighted by Crippen LogP contribution is -2.49. The number of pyridine rings is 1. The molecule has 0 spiro atoms. The van der Waals surface area contributed by atoms with Crippen LogP contribution in [0.2, 0.25) is 0 Å². The number of fused-ring (bicyclic) bond motifs is 1. The van der Waals surface area contributed by atoms with Gasteiger partial charge in [0.2, 0.25) is 5.96 Å². The Bertz CT molecular complexity index is 1630. The molecule has 0 bridgehead atoms. The van der Waals surface area contributed by atoms with E-state index in [4.69, 9.17) is 14.9 Å². The van der Waals surface area contributed by atoms with Crippen LogP contribution in [0.15, 0.2) is 59.5 Å². The van der Waals surface area contributed by atoms with Gasteiger partial charge in [0, 0.05) is 5.39 Å². The predicted octanol–water partition coefficient (Wildman–Crippen LogP) is 6.25. The molecular weight excluding hydrogens is 591 g/mol. The number of ether oxygens (including phenoxy) is 2. The van der Waals surface area contributed by atoms with E-state index in [9.17, 15) is 31.2 Å². The number of carbonyl (C=O) groups is 2. The molecule has 1 aromatic heterocycles. The maximum absolute atomic E-state index is 13.0. The number of benzene rings is 2. The lowest BCUT2D eigenvalue weighted by Gasteiger charge is -2.28. The average molecular weight is 624 g/mol. The summed E-state index contributed by atoms with van der Waals surface area (Å²) in [6, 6.07) is 10.8. The molecule has 3 N–H and O–H groups in total. The fraction of sp³-hybridized carbons (Fsp3) is 0.357. The average Bonchev–Trinajstić information content (AvgIpc) is 2.84. The summed E-state index contributed by atoms with van der Waals surface area (Å²) in [5.41, 5.74) is -2.44. The highest BCUT2D eigenvalue weighted by Gasteiger charge is 2.31. The first-order valence-electron chi connectivity index (χ1n) is 12.8. The number of hydrogen-bond acceptors (Lipinski definition) is 8. The van der Waals surface area contributed by atoms with Crippen LogP contribution in [0.3, 0.4) is 0 Å². The number of hydrogen-bond donors (Lipinski definition) is 3. The number of carbonyl (C=O) groups excluding carboxylic acids is 2. The molecule has 43 heavy (non-hydrogen) atoms. The van der Waals surface area contributed by atoms with Crippen LogP contribution in [0.4, 0.5) is 28.4 Å². The van der Waals surface area contributed by atoms with Gasteiger partial charge in [-0.1, -0.05) is 18.2 Å². The number of nitrogens with zero attached hydrogens (tertiary/aromatic N) is 2. The first-order valence-corrected chi connectivity index (χ1v) is 14.3. The second-order valence-electron chi connectivity index (χ2n) is 11.3. The summed E-state index contributed by atoms with van der Waals surface area (Å²) in [4.78, 5) is 30.2. The van der Waals surface area contributed by atoms with Gasteiger partial charge in [0.05, 0.1) is 33.9 Å². The Morgan fingerprint density at radius 2 is 1.51 bits per heavy atom. The van der Waals surface area contributed by atoms with Gasteiger partial charge in [-0.25, -0.2) is 27.9 Å². The summed E-state index contributed by atoms with van der Waals surface area (Å²) in [5.74, 6) is -0.651. The number of sulfonamides is 1. The zero-order valence-corrected chi connectivity index (χ0v) is 25.1. The summed E-state index contributed by atoms with van der Waals surface area (Å²) in [5, 5.41) is 11.1. The lowest BCUT2D eigenvalue weighted by molar-refractivity contribution is -0.137. The molecule has 2 aromatic carbocycles. The normalized spacial score (nSPS) is 12.4. The molecule has 0 aliphatic heterocycles. The van der Waals surface area contributed by atoms with Crippen molar-refractivity contribution in [2.75, 3.05) is 4.72 Å². The SMILES string of the molecule is CC(C)(C)OC(=O)NC(=N)N(Cc1ccc2cccc(NS(=O)(=O)c3ccc(C(F)(F)F)cc3)c2n1)C(=O)OC(C)(C)C. The van der Waals surface area contributed by atoms with Crippen LogP contribution >= 0.6 is 0 Å². The Labute approximate surface area is 246 Å². The minimum atomic E-state index is -4.63. The van der Waals surface area contributed by atoms with Gasteiger partial charge < -0.3 is 9.47 Å². The summed E-state index contributed by atoms with van der Waals surface area (Å²) in [6.07, 6.45) is -6.57. The number of halogens is 3. The first-order chi connectivity index (χ1) is 19.6. The topological polar surface area (TPSA) is 151 Å². The molecule has 2 amide bonds. The maximum Gasteiger partial charge on any atom is 0.417 e. The molecule has 0 aliphatic rings. The van der Waals surface area contributed by atoms with E-state index >= 15 is 0 Å². The fourth-order valence-corrected chi connectivity index (χ4v) is 4.63. The minimum absolute atomic E-state index is 0.0185. The smallest absolute Gasteiger partial charge is 0.417 e. The second-order valence-corrected chi connectivity index (χ2v) is 13.0. The number of nitrogens with one attached hydrogen (secondary N) is 3. The van der Waals surface area contributed by atoms with Gasteiger partial charge in [0.15, 0.2) is 0 Å². The monoisotopic (exact) mass is 623 g/mol. The van der Waals surface area contributed by atoms with Gasteiger partial charge in [0.1, 0.15) is 11.2 Å². The third-order valence-electron chi connectivity index (χ3n) is 5.34. The molecule has 0 saturated carbocycles. The van der Waals surface area contributed by atoms with Crippen molar-refractivity contribution in [1.82, 2.24) is 15.2 Å². The van der Waals surface area contributed by atoms with Crippen molar-refractivity contribution >= 4 is 44.8 Å². The van der Waals surface area contributed by atoms with Crippen molar-refractivity contribution in [3.8, 4) is 0 Å². The number of guanidine groups is 1. The van der Waals surface area contributed by atoms with Crippen molar-refractivity contribution in [2.24, 2.45) is 0 Å². The van der Waals surface area contributed by atoms with Crippen LogP contribution in [0.5, 0.6) is 0 Å². The van der Waals surface area contributed by atoms with E-state index in [0.29, 0.717) is 17.5 Å². The second kappa shape index (κ2) is 12.1. The molecule has 15 heteroatoms. The largest absolute Gasteiger partial charge is 0.444 e. The predicted molar refractivity (Wildman–Crippen MR) is 153 cm³/mol. The number of alkyl halides is 3. The van der Waals surface area contributed by atoms with Crippen molar-refractivity contribution in [2.45, 2.75) is 70.4 Å². The Morgan fingerprint density at radius 3 is 2.07 bits per heavy atom. The first kappa shape index (κ1) is 33.1. The molecule has 0 aliphatic carbocycles. The Kier molecular flexibility index (Phi) is 9.29. The molecule has 0 fully saturated rings. The van der Waals surface area contributed by atoms with Gasteiger partial charge in [-0.3, -0.25) is 15.4 Å². The summed E-state index contributed by atoms with van der Waals surface area (Å²) in [6.45, 7) is 9.39. The minimum Gasteiger partial charge on any atom is -0.444 e. The Hall–Kier alpha value is -4.40. The van der Waals surface area contributed by atoms with E-state index in [1.165, 1.54) is 12.1 Å². The van der Waals surface area contributed by atoms with Crippen molar-refractivity contribution in [3.63, 3.8) is 0 Å². The van der Waals surface area contributed by atoms with E-state index in [0.717, 1.165) is 17.0 Å². The quantitative estimate of drug-likeness (QED) is 0.224. The van der Waals surface area contributed by atoms with Crippen molar-refractivity contribution in [3.05, 3.63) is 65.9 Å². The van der Waals surface area contributed by atoms with Gasteiger partial charge in [-0.05, 0) is 77.9 Å². The number of amides is 2. The molecule has 1 heterocycles. The Balaban J connectivity index is 1.94. The van der Waals surface area contributed by atoms with E-state index in [2.05, 4.69) is 15.0 Å². The number of anilines is 1. The van der Waals surface area contributed by atoms with Crippen LogP contribution in [0, 0.1) is 5.41 Å². The van der Waals surface area contributed by atoms with Gasteiger partial charge in [-0.15, -0.1) is 0 Å². The lowest BCUT2D eigenvalue weighted by atomic mass is 10.1.